The third-order valence-electron chi connectivity index (χ3n) is 0.907. The van der Waals surface area contributed by atoms with Gasteiger partial charge in [-0.05, 0) is 0 Å². The van der Waals surface area contributed by atoms with E-state index in [0.717, 1.165) is 0 Å². The molecule has 0 saturated carbocycles. The summed E-state index contributed by atoms with van der Waals surface area (Å²) in [5.74, 6) is -2.24. The van der Waals surface area contributed by atoms with E-state index in [1.54, 1.807) is 20.8 Å². The summed E-state index contributed by atoms with van der Waals surface area (Å²) in [5, 5.41) is 23.2. The minimum Gasteiger partial charge on any atom is -0.545 e. The van der Waals surface area contributed by atoms with Crippen molar-refractivity contribution in [1.29, 1.82) is 0 Å². The van der Waals surface area contributed by atoms with Crippen LogP contribution in [0.3, 0.4) is 0 Å². The van der Waals surface area contributed by atoms with Gasteiger partial charge >= 0.3 is 17.9 Å². The van der Waals surface area contributed by atoms with E-state index in [2.05, 4.69) is 6.79 Å². The molecule has 0 radical (unpaired) electrons. The average Bonchev–Trinajstić information content (AvgIpc) is 2.32. The Morgan fingerprint density at radius 3 is 0.778 bits per heavy atom. The predicted molar refractivity (Wildman–Crippen MR) is 60.5 cm³/mol. The van der Waals surface area contributed by atoms with Crippen LogP contribution in [0.2, 0.25) is 0 Å². The number of hydrogen-bond donors (Lipinski definition) is 3. The zero-order valence-electron chi connectivity index (χ0n) is 10.7. The SMILES string of the molecule is CCC(=O)O.CCC(=O)O.CCC(=O)O.[CH-]=O.[Ti]. The second-order valence-corrected chi connectivity index (χ2v) is 2.24. The van der Waals surface area contributed by atoms with Crippen LogP contribution in [0.1, 0.15) is 40.0 Å². The third-order valence-corrected chi connectivity index (χ3v) is 0.907. The van der Waals surface area contributed by atoms with E-state index in [4.69, 9.17) is 20.1 Å². The molecule has 0 aromatic rings. The van der Waals surface area contributed by atoms with Crippen molar-refractivity contribution < 1.29 is 56.2 Å². The minimum absolute atomic E-state index is 0. The van der Waals surface area contributed by atoms with Crippen molar-refractivity contribution in [2.45, 2.75) is 40.0 Å². The van der Waals surface area contributed by atoms with Crippen LogP contribution in [0.15, 0.2) is 0 Å². The minimum atomic E-state index is -0.745. The van der Waals surface area contributed by atoms with Crippen molar-refractivity contribution in [3.63, 3.8) is 0 Å². The Bertz CT molecular complexity index is 173. The summed E-state index contributed by atoms with van der Waals surface area (Å²) < 4.78 is 0. The van der Waals surface area contributed by atoms with E-state index < -0.39 is 17.9 Å². The normalized spacial score (nSPS) is 6.39. The predicted octanol–water partition coefficient (Wildman–Crippen LogP) is 1.17. The monoisotopic (exact) mass is 299 g/mol. The van der Waals surface area contributed by atoms with Crippen LogP contribution < -0.4 is 0 Å². The van der Waals surface area contributed by atoms with Crippen molar-refractivity contribution in [2.75, 3.05) is 0 Å². The van der Waals surface area contributed by atoms with Gasteiger partial charge in [-0.3, -0.25) is 21.2 Å². The summed E-state index contributed by atoms with van der Waals surface area (Å²) in [5.41, 5.74) is 0. The Labute approximate surface area is 121 Å². The van der Waals surface area contributed by atoms with Gasteiger partial charge < -0.3 is 20.1 Å². The van der Waals surface area contributed by atoms with E-state index in [-0.39, 0.29) is 41.0 Å². The summed E-state index contributed by atoms with van der Waals surface area (Å²) in [6.07, 6.45) is 0.667. The molecule has 0 unspecified atom stereocenters. The molecule has 0 heterocycles. The fourth-order valence-corrected chi connectivity index (χ4v) is 0. The summed E-state index contributed by atoms with van der Waals surface area (Å²) in [4.78, 5) is 35.9. The van der Waals surface area contributed by atoms with Crippen LogP contribution in [0.5, 0.6) is 0 Å². The first-order chi connectivity index (χ1) is 7.81. The molecule has 0 spiro atoms. The zero-order chi connectivity index (χ0) is 14.9. The molecule has 18 heavy (non-hydrogen) atoms. The topological polar surface area (TPSA) is 129 Å². The molecule has 0 rings (SSSR count). The maximum absolute atomic E-state index is 9.37. The van der Waals surface area contributed by atoms with Crippen LogP contribution in [0.25, 0.3) is 0 Å². The van der Waals surface area contributed by atoms with Crippen LogP contribution in [0.4, 0.5) is 0 Å². The molecule has 8 heteroatoms. The number of hydrogen-bond acceptors (Lipinski definition) is 4. The Balaban J connectivity index is -0.0000000427. The first kappa shape index (κ1) is 30.1. The number of carbonyl (C=O) groups excluding carboxylic acids is 1. The zero-order valence-corrected chi connectivity index (χ0v) is 12.2. The fraction of sp³-hybridized carbons (Fsp3) is 0.600. The first-order valence-corrected chi connectivity index (χ1v) is 4.70. The van der Waals surface area contributed by atoms with E-state index in [1.165, 1.54) is 0 Å². The average molecular weight is 299 g/mol. The maximum atomic E-state index is 9.37. The molecular formula is C10H19O7Ti-. The van der Waals surface area contributed by atoms with Crippen molar-refractivity contribution in [3.05, 3.63) is 0 Å². The molecule has 0 atom stereocenters. The molecule has 106 valence electrons. The summed E-state index contributed by atoms with van der Waals surface area (Å²) >= 11 is 0. The maximum Gasteiger partial charge on any atom is 0.303 e. The van der Waals surface area contributed by atoms with Crippen LogP contribution in [-0.2, 0) is 40.9 Å². The number of carboxylic acids is 3. The second-order valence-electron chi connectivity index (χ2n) is 2.24. The molecular weight excluding hydrogens is 280 g/mol. The number of carboxylic acid groups (broad SMARTS) is 3. The molecule has 0 bridgehead atoms. The van der Waals surface area contributed by atoms with E-state index in [9.17, 15) is 14.4 Å². The van der Waals surface area contributed by atoms with Gasteiger partial charge in [0, 0.05) is 41.0 Å². The van der Waals surface area contributed by atoms with Gasteiger partial charge in [0.05, 0.1) is 0 Å². The molecule has 0 amide bonds. The van der Waals surface area contributed by atoms with Gasteiger partial charge in [-0.15, -0.1) is 0 Å². The molecule has 0 saturated heterocycles. The molecule has 3 N–H and O–H groups in total. The summed E-state index contributed by atoms with van der Waals surface area (Å²) in [7, 11) is 0. The molecule has 0 fully saturated rings. The molecule has 0 aliphatic heterocycles. The van der Waals surface area contributed by atoms with Gasteiger partial charge in [-0.25, -0.2) is 0 Å². The van der Waals surface area contributed by atoms with Gasteiger partial charge in [-0.2, -0.15) is 0 Å². The number of carbonyl (C=O) groups is 3. The van der Waals surface area contributed by atoms with Crippen molar-refractivity contribution in [2.24, 2.45) is 0 Å². The number of aliphatic carboxylic acids is 3. The van der Waals surface area contributed by atoms with Gasteiger partial charge in [0.25, 0.3) is 0 Å². The fourth-order valence-electron chi connectivity index (χ4n) is 0. The Kier molecular flexibility index (Phi) is 49.6. The molecule has 0 aliphatic carbocycles. The molecule has 0 aromatic heterocycles. The van der Waals surface area contributed by atoms with Gasteiger partial charge in [0.15, 0.2) is 0 Å². The van der Waals surface area contributed by atoms with Gasteiger partial charge in [-0.1, -0.05) is 20.8 Å². The van der Waals surface area contributed by atoms with Crippen LogP contribution in [-0.4, -0.2) is 40.0 Å². The van der Waals surface area contributed by atoms with Crippen molar-refractivity contribution in [1.82, 2.24) is 0 Å². The van der Waals surface area contributed by atoms with Crippen molar-refractivity contribution in [3.8, 4) is 0 Å². The van der Waals surface area contributed by atoms with Crippen molar-refractivity contribution >= 4 is 24.7 Å². The van der Waals surface area contributed by atoms with Gasteiger partial charge in [0.1, 0.15) is 0 Å². The summed E-state index contributed by atoms with van der Waals surface area (Å²) in [6.45, 7) is 8.05. The molecule has 7 nitrogen and oxygen atoms in total. The molecule has 0 aromatic carbocycles. The third kappa shape index (κ3) is 122. The van der Waals surface area contributed by atoms with Crippen LogP contribution in [0, 0.1) is 0 Å². The van der Waals surface area contributed by atoms with Gasteiger partial charge in [0.2, 0.25) is 0 Å². The molecule has 0 aliphatic rings. The number of rotatable bonds is 3. The smallest absolute Gasteiger partial charge is 0.303 e. The van der Waals surface area contributed by atoms with E-state index in [1.807, 2.05) is 0 Å². The quantitative estimate of drug-likeness (QED) is 0.405. The standard InChI is InChI=1S/3C3H6O2.CHO.Ti/c3*1-2-3(4)5;1-2;/h3*2H2,1H3,(H,4,5);1H;/q;;;-1;. The Morgan fingerprint density at radius 2 is 0.778 bits per heavy atom. The van der Waals surface area contributed by atoms with Crippen LogP contribution >= 0.6 is 0 Å². The van der Waals surface area contributed by atoms with E-state index >= 15 is 0 Å². The summed E-state index contributed by atoms with van der Waals surface area (Å²) in [6, 6.07) is 0. The Morgan fingerprint density at radius 1 is 0.722 bits per heavy atom. The Hall–Kier alpha value is -1.21. The second kappa shape index (κ2) is 29.7. The largest absolute Gasteiger partial charge is 0.545 e. The van der Waals surface area contributed by atoms with E-state index in [0.29, 0.717) is 0 Å². The first-order valence-electron chi connectivity index (χ1n) is 4.70.